The van der Waals surface area contributed by atoms with Crippen LogP contribution in [0.15, 0.2) is 35.8 Å². The highest BCUT2D eigenvalue weighted by Gasteiger charge is 2.29. The normalized spacial score (nSPS) is 15.3. The Morgan fingerprint density at radius 3 is 2.97 bits per heavy atom. The van der Waals surface area contributed by atoms with Crippen molar-refractivity contribution in [2.45, 2.75) is 33.1 Å². The Morgan fingerprint density at radius 1 is 1.33 bits per heavy atom. The van der Waals surface area contributed by atoms with Crippen molar-refractivity contribution in [2.24, 2.45) is 5.92 Å². The van der Waals surface area contributed by atoms with Crippen LogP contribution in [0.2, 0.25) is 0 Å². The number of amides is 1. The van der Waals surface area contributed by atoms with Crippen molar-refractivity contribution in [3.05, 3.63) is 57.4 Å². The second-order valence-corrected chi connectivity index (χ2v) is 9.27. The lowest BCUT2D eigenvalue weighted by atomic mass is 9.88. The summed E-state index contributed by atoms with van der Waals surface area (Å²) in [5, 5.41) is 9.38. The molecule has 0 aliphatic heterocycles. The number of aromatic nitrogens is 1. The number of esters is 1. The summed E-state index contributed by atoms with van der Waals surface area (Å²) in [5.74, 6) is -0.0441. The third-order valence-corrected chi connectivity index (χ3v) is 6.88. The topological polar surface area (TPSA) is 80.3 Å². The molecule has 4 rings (SSSR count). The van der Waals surface area contributed by atoms with E-state index in [1.807, 2.05) is 17.5 Å². The number of carbonyl (C=O) groups excluding carboxylic acids is 2. The summed E-state index contributed by atoms with van der Waals surface area (Å²) in [6.45, 7) is 4.31. The third-order valence-electron chi connectivity index (χ3n) is 5.03. The van der Waals surface area contributed by atoms with Gasteiger partial charge in [0.25, 0.3) is 5.91 Å². The van der Waals surface area contributed by atoms with Gasteiger partial charge in [0, 0.05) is 27.7 Å². The number of thiophene rings is 1. The van der Waals surface area contributed by atoms with Gasteiger partial charge in [0.05, 0.1) is 12.2 Å². The maximum atomic E-state index is 13.0. The maximum absolute atomic E-state index is 13.0. The number of nitrogens with zero attached hydrogens (tertiary/aromatic N) is 1. The van der Waals surface area contributed by atoms with E-state index in [-0.39, 0.29) is 11.9 Å². The zero-order chi connectivity index (χ0) is 21.1. The van der Waals surface area contributed by atoms with Crippen molar-refractivity contribution in [1.82, 2.24) is 4.98 Å². The summed E-state index contributed by atoms with van der Waals surface area (Å²) >= 11 is 2.98. The maximum Gasteiger partial charge on any atom is 0.341 e. The molecule has 156 valence electrons. The Labute approximate surface area is 183 Å². The average molecular weight is 442 g/mol. The molecule has 30 heavy (non-hydrogen) atoms. The van der Waals surface area contributed by atoms with E-state index in [4.69, 9.17) is 4.74 Å². The van der Waals surface area contributed by atoms with Gasteiger partial charge in [-0.15, -0.1) is 22.7 Å². The van der Waals surface area contributed by atoms with Crippen LogP contribution < -0.4 is 10.6 Å². The van der Waals surface area contributed by atoms with Crippen LogP contribution in [-0.2, 0) is 17.6 Å². The van der Waals surface area contributed by atoms with Crippen LogP contribution in [-0.4, -0.2) is 23.5 Å². The zero-order valence-corrected chi connectivity index (χ0v) is 18.5. The molecule has 1 aliphatic rings. The van der Waals surface area contributed by atoms with E-state index < -0.39 is 0 Å². The van der Waals surface area contributed by atoms with Crippen molar-refractivity contribution in [3.63, 3.8) is 0 Å². The Balaban J connectivity index is 1.59. The first-order valence-corrected chi connectivity index (χ1v) is 11.6. The molecule has 0 radical (unpaired) electrons. The molecule has 8 heteroatoms. The van der Waals surface area contributed by atoms with Gasteiger partial charge in [0.15, 0.2) is 5.13 Å². The Kier molecular flexibility index (Phi) is 6.15. The van der Waals surface area contributed by atoms with Gasteiger partial charge in [-0.1, -0.05) is 13.0 Å². The number of thiazole rings is 1. The van der Waals surface area contributed by atoms with Crippen molar-refractivity contribution < 1.29 is 14.3 Å². The highest BCUT2D eigenvalue weighted by atomic mass is 32.1. The number of ether oxygens (including phenoxy) is 1. The summed E-state index contributed by atoms with van der Waals surface area (Å²) in [6, 6.07) is 7.23. The lowest BCUT2D eigenvalue weighted by Gasteiger charge is -2.18. The minimum Gasteiger partial charge on any atom is -0.462 e. The molecule has 1 amide bonds. The fraction of sp³-hybridized carbons (Fsp3) is 0.318. The minimum absolute atomic E-state index is 0.255. The highest BCUT2D eigenvalue weighted by molar-refractivity contribution is 7.17. The number of anilines is 3. The second kappa shape index (κ2) is 8.97. The molecule has 1 unspecified atom stereocenters. The molecule has 0 saturated carbocycles. The third kappa shape index (κ3) is 4.39. The zero-order valence-electron chi connectivity index (χ0n) is 16.9. The summed E-state index contributed by atoms with van der Waals surface area (Å²) in [6.07, 6.45) is 4.52. The number of fused-ring (bicyclic) bond motifs is 1. The van der Waals surface area contributed by atoms with Crippen molar-refractivity contribution in [2.75, 3.05) is 17.2 Å². The Hall–Kier alpha value is -2.71. The summed E-state index contributed by atoms with van der Waals surface area (Å²) in [7, 11) is 0. The SMILES string of the molecule is CCOC(=O)c1c(NC(=O)c2cccc(Nc3nccs3)c2)sc2c1CCC(C)C2. The van der Waals surface area contributed by atoms with E-state index in [0.29, 0.717) is 28.7 Å². The lowest BCUT2D eigenvalue weighted by Crippen LogP contribution is -2.16. The number of benzene rings is 1. The van der Waals surface area contributed by atoms with Gasteiger partial charge in [-0.05, 0) is 55.9 Å². The van der Waals surface area contributed by atoms with Gasteiger partial charge in [0.1, 0.15) is 5.00 Å². The van der Waals surface area contributed by atoms with Crippen LogP contribution >= 0.6 is 22.7 Å². The number of hydrogen-bond donors (Lipinski definition) is 2. The Bertz CT molecular complexity index is 1060. The van der Waals surface area contributed by atoms with E-state index in [0.717, 1.165) is 35.6 Å². The predicted molar refractivity (Wildman–Crippen MR) is 121 cm³/mol. The molecule has 0 spiro atoms. The summed E-state index contributed by atoms with van der Waals surface area (Å²) in [4.78, 5) is 31.0. The molecule has 0 saturated heterocycles. The molecule has 0 fully saturated rings. The van der Waals surface area contributed by atoms with E-state index >= 15 is 0 Å². The van der Waals surface area contributed by atoms with Crippen molar-refractivity contribution >= 4 is 50.4 Å². The molecule has 2 heterocycles. The first kappa shape index (κ1) is 20.6. The first-order chi connectivity index (χ1) is 14.5. The van der Waals surface area contributed by atoms with Crippen LogP contribution in [0.3, 0.4) is 0 Å². The van der Waals surface area contributed by atoms with Crippen LogP contribution in [0, 0.1) is 5.92 Å². The molecule has 1 aliphatic carbocycles. The molecular formula is C22H23N3O3S2. The van der Waals surface area contributed by atoms with E-state index in [2.05, 4.69) is 22.5 Å². The number of hydrogen-bond acceptors (Lipinski definition) is 7. The second-order valence-electron chi connectivity index (χ2n) is 7.27. The fourth-order valence-corrected chi connectivity index (χ4v) is 5.52. The van der Waals surface area contributed by atoms with Gasteiger partial charge in [0.2, 0.25) is 0 Å². The van der Waals surface area contributed by atoms with Crippen LogP contribution in [0.4, 0.5) is 15.8 Å². The summed E-state index contributed by atoms with van der Waals surface area (Å²) < 4.78 is 5.29. The minimum atomic E-state index is -0.362. The Morgan fingerprint density at radius 2 is 2.20 bits per heavy atom. The molecule has 0 bridgehead atoms. The highest BCUT2D eigenvalue weighted by Crippen LogP contribution is 2.40. The van der Waals surface area contributed by atoms with Gasteiger partial charge in [-0.3, -0.25) is 4.79 Å². The van der Waals surface area contributed by atoms with E-state index in [1.54, 1.807) is 25.3 Å². The van der Waals surface area contributed by atoms with Crippen LogP contribution in [0.25, 0.3) is 0 Å². The van der Waals surface area contributed by atoms with E-state index in [9.17, 15) is 9.59 Å². The van der Waals surface area contributed by atoms with Crippen LogP contribution in [0.1, 0.15) is 51.4 Å². The molecule has 1 atom stereocenters. The molecule has 6 nitrogen and oxygen atoms in total. The average Bonchev–Trinajstić information content (AvgIpc) is 3.35. The molecule has 2 N–H and O–H groups in total. The monoisotopic (exact) mass is 441 g/mol. The number of rotatable bonds is 6. The quantitative estimate of drug-likeness (QED) is 0.494. The molecule has 3 aromatic rings. The summed E-state index contributed by atoms with van der Waals surface area (Å²) in [5.41, 5.74) is 2.84. The number of nitrogens with one attached hydrogen (secondary N) is 2. The largest absolute Gasteiger partial charge is 0.462 e. The molecule has 2 aromatic heterocycles. The van der Waals surface area contributed by atoms with Gasteiger partial charge < -0.3 is 15.4 Å². The first-order valence-electron chi connectivity index (χ1n) is 9.94. The van der Waals surface area contributed by atoms with E-state index in [1.165, 1.54) is 27.6 Å². The number of carbonyl (C=O) groups is 2. The van der Waals surface area contributed by atoms with Crippen molar-refractivity contribution in [1.29, 1.82) is 0 Å². The van der Waals surface area contributed by atoms with Crippen LogP contribution in [0.5, 0.6) is 0 Å². The predicted octanol–water partition coefficient (Wildman–Crippen LogP) is 5.50. The molecular weight excluding hydrogens is 418 g/mol. The lowest BCUT2D eigenvalue weighted by molar-refractivity contribution is 0.0526. The smallest absolute Gasteiger partial charge is 0.341 e. The molecule has 1 aromatic carbocycles. The fourth-order valence-electron chi connectivity index (χ4n) is 3.58. The van der Waals surface area contributed by atoms with Gasteiger partial charge in [-0.25, -0.2) is 9.78 Å². The standard InChI is InChI=1S/C22H23N3O3S2/c1-3-28-21(27)18-16-8-7-13(2)11-17(16)30-20(18)25-19(26)14-5-4-6-15(12-14)24-22-23-9-10-29-22/h4-6,9-10,12-13H,3,7-8,11H2,1-2H3,(H,23,24)(H,25,26). The van der Waals surface area contributed by atoms with Crippen molar-refractivity contribution in [3.8, 4) is 0 Å². The van der Waals surface area contributed by atoms with Gasteiger partial charge in [-0.2, -0.15) is 0 Å². The van der Waals surface area contributed by atoms with Gasteiger partial charge >= 0.3 is 5.97 Å².